The van der Waals surface area contributed by atoms with E-state index in [1.165, 1.54) is 0 Å². The second-order valence-corrected chi connectivity index (χ2v) is 6.73. The predicted molar refractivity (Wildman–Crippen MR) is 112 cm³/mol. The van der Waals surface area contributed by atoms with E-state index >= 15 is 0 Å². The number of aryl methyl sites for hydroxylation is 2. The number of halogens is 1. The van der Waals surface area contributed by atoms with E-state index in [9.17, 15) is 9.59 Å². The number of amides is 2. The van der Waals surface area contributed by atoms with Crippen LogP contribution in [0.3, 0.4) is 0 Å². The number of carbonyl (C=O) groups is 2. The van der Waals surface area contributed by atoms with Crippen molar-refractivity contribution in [3.63, 3.8) is 0 Å². The molecule has 0 aliphatic carbocycles. The van der Waals surface area contributed by atoms with Crippen LogP contribution in [0.15, 0.2) is 42.5 Å². The zero-order valence-electron chi connectivity index (χ0n) is 16.0. The summed E-state index contributed by atoms with van der Waals surface area (Å²) in [5.41, 5.74) is 3.95. The Kier molecular flexibility index (Phi) is 6.31. The van der Waals surface area contributed by atoms with Crippen LogP contribution < -0.4 is 10.6 Å². The van der Waals surface area contributed by atoms with Gasteiger partial charge in [-0.3, -0.25) is 9.59 Å². The fourth-order valence-electron chi connectivity index (χ4n) is 3.10. The third-order valence-electron chi connectivity index (χ3n) is 4.59. The molecular weight excluding hydrogens is 376 g/mol. The summed E-state index contributed by atoms with van der Waals surface area (Å²) in [6, 6.07) is 13.0. The molecule has 0 unspecified atom stereocenters. The number of hydrogen-bond acceptors (Lipinski definition) is 3. The minimum absolute atomic E-state index is 0.134. The highest BCUT2D eigenvalue weighted by Gasteiger charge is 2.12. The fourth-order valence-corrected chi connectivity index (χ4v) is 3.40. The Labute approximate surface area is 168 Å². The molecule has 0 radical (unpaired) electrons. The highest BCUT2D eigenvalue weighted by molar-refractivity contribution is 6.29. The number of imidazole rings is 1. The lowest BCUT2D eigenvalue weighted by atomic mass is 10.1. The molecule has 0 saturated carbocycles. The Hall–Kier alpha value is -2.86. The summed E-state index contributed by atoms with van der Waals surface area (Å²) in [4.78, 5) is 28.8. The lowest BCUT2D eigenvalue weighted by Crippen LogP contribution is -2.27. The maximum Gasteiger partial charge on any atom is 0.251 e. The van der Waals surface area contributed by atoms with Gasteiger partial charge in [0.1, 0.15) is 0 Å². The van der Waals surface area contributed by atoms with Crippen LogP contribution in [0.25, 0.3) is 11.0 Å². The molecule has 1 heterocycles. The van der Waals surface area contributed by atoms with Gasteiger partial charge >= 0.3 is 0 Å². The number of benzene rings is 2. The number of aromatic nitrogens is 2. The van der Waals surface area contributed by atoms with E-state index in [1.54, 1.807) is 12.1 Å². The molecule has 1 aromatic heterocycles. The lowest BCUT2D eigenvalue weighted by molar-refractivity contribution is -0.116. The number of anilines is 1. The van der Waals surface area contributed by atoms with Gasteiger partial charge in [-0.2, -0.15) is 0 Å². The Bertz CT molecular complexity index is 1010. The first kappa shape index (κ1) is 19.9. The summed E-state index contributed by atoms with van der Waals surface area (Å²) >= 11 is 6.11. The van der Waals surface area contributed by atoms with Gasteiger partial charge in [-0.25, -0.2) is 4.98 Å². The minimum atomic E-state index is -0.245. The Balaban J connectivity index is 1.57. The SMILES string of the molecule is CCc1ccccc1NC(=O)CCNC(=O)c1ccc2c(c1)nc(Cl)n2CC. The standard InChI is InChI=1S/C21H23ClN4O2/c1-3-14-7-5-6-8-16(14)24-19(27)11-12-23-20(28)15-9-10-18-17(13-15)25-21(22)26(18)4-2/h5-10,13H,3-4,11-12H2,1-2H3,(H,23,28)(H,24,27). The van der Waals surface area contributed by atoms with E-state index in [0.717, 1.165) is 23.2 Å². The van der Waals surface area contributed by atoms with Crippen LogP contribution in [0.4, 0.5) is 5.69 Å². The average Bonchev–Trinajstić information content (AvgIpc) is 3.02. The van der Waals surface area contributed by atoms with E-state index in [4.69, 9.17) is 11.6 Å². The summed E-state index contributed by atoms with van der Waals surface area (Å²) in [6.07, 6.45) is 1.04. The van der Waals surface area contributed by atoms with Gasteiger partial charge in [0, 0.05) is 30.8 Å². The normalized spacial score (nSPS) is 10.8. The van der Waals surface area contributed by atoms with Gasteiger partial charge in [0.05, 0.1) is 11.0 Å². The molecule has 2 amide bonds. The third-order valence-corrected chi connectivity index (χ3v) is 4.88. The van der Waals surface area contributed by atoms with Gasteiger partial charge in [-0.15, -0.1) is 0 Å². The quantitative estimate of drug-likeness (QED) is 0.630. The molecule has 7 heteroatoms. The van der Waals surface area contributed by atoms with Gasteiger partial charge in [-0.05, 0) is 54.8 Å². The highest BCUT2D eigenvalue weighted by atomic mass is 35.5. The number of carbonyl (C=O) groups excluding carboxylic acids is 2. The van der Waals surface area contributed by atoms with Crippen molar-refractivity contribution in [1.29, 1.82) is 0 Å². The molecule has 0 aliphatic heterocycles. The second-order valence-electron chi connectivity index (χ2n) is 6.39. The minimum Gasteiger partial charge on any atom is -0.352 e. The Morgan fingerprint density at radius 1 is 1.14 bits per heavy atom. The van der Waals surface area contributed by atoms with Crippen LogP contribution in [-0.4, -0.2) is 27.9 Å². The van der Waals surface area contributed by atoms with E-state index in [-0.39, 0.29) is 24.8 Å². The fraction of sp³-hybridized carbons (Fsp3) is 0.286. The second kappa shape index (κ2) is 8.89. The maximum atomic E-state index is 12.4. The molecule has 28 heavy (non-hydrogen) atoms. The van der Waals surface area contributed by atoms with Gasteiger partial charge in [-0.1, -0.05) is 25.1 Å². The summed E-state index contributed by atoms with van der Waals surface area (Å²) in [5, 5.41) is 6.08. The predicted octanol–water partition coefficient (Wildman–Crippen LogP) is 4.03. The number of nitrogens with one attached hydrogen (secondary N) is 2. The molecule has 0 aliphatic rings. The molecule has 0 fully saturated rings. The summed E-state index contributed by atoms with van der Waals surface area (Å²) in [7, 11) is 0. The summed E-state index contributed by atoms with van der Waals surface area (Å²) in [5.74, 6) is -0.379. The maximum absolute atomic E-state index is 12.4. The van der Waals surface area contributed by atoms with E-state index in [1.807, 2.05) is 48.7 Å². The van der Waals surface area contributed by atoms with Crippen molar-refractivity contribution in [2.75, 3.05) is 11.9 Å². The number of hydrogen-bond donors (Lipinski definition) is 2. The van der Waals surface area contributed by atoms with Gasteiger partial charge in [0.15, 0.2) is 0 Å². The number of rotatable bonds is 7. The molecule has 2 N–H and O–H groups in total. The first-order valence-corrected chi connectivity index (χ1v) is 9.73. The Morgan fingerprint density at radius 3 is 2.68 bits per heavy atom. The van der Waals surface area contributed by atoms with Crippen LogP contribution in [0, 0.1) is 0 Å². The molecule has 3 aromatic rings. The largest absolute Gasteiger partial charge is 0.352 e. The molecule has 0 bridgehead atoms. The number of fused-ring (bicyclic) bond motifs is 1. The highest BCUT2D eigenvalue weighted by Crippen LogP contribution is 2.21. The van der Waals surface area contributed by atoms with Crippen LogP contribution in [0.1, 0.15) is 36.2 Å². The van der Waals surface area contributed by atoms with Crippen LogP contribution in [0.5, 0.6) is 0 Å². The van der Waals surface area contributed by atoms with Crippen molar-refractivity contribution < 1.29 is 9.59 Å². The first-order chi connectivity index (χ1) is 13.5. The van der Waals surface area contributed by atoms with Crippen molar-refractivity contribution in [2.24, 2.45) is 0 Å². The third kappa shape index (κ3) is 4.34. The molecule has 2 aromatic carbocycles. The van der Waals surface area contributed by atoms with Crippen LogP contribution in [-0.2, 0) is 17.8 Å². The number of nitrogens with zero attached hydrogens (tertiary/aromatic N) is 2. The van der Waals surface area contributed by atoms with Crippen LogP contribution in [0.2, 0.25) is 5.28 Å². The molecule has 3 rings (SSSR count). The molecule has 0 saturated heterocycles. The van der Waals surface area contributed by atoms with E-state index < -0.39 is 0 Å². The van der Waals surface area contributed by atoms with Crippen molar-refractivity contribution >= 4 is 40.1 Å². The first-order valence-electron chi connectivity index (χ1n) is 9.35. The average molecular weight is 399 g/mol. The lowest BCUT2D eigenvalue weighted by Gasteiger charge is -2.10. The van der Waals surface area contributed by atoms with Crippen molar-refractivity contribution in [2.45, 2.75) is 33.2 Å². The summed E-state index contributed by atoms with van der Waals surface area (Å²) < 4.78 is 1.87. The Morgan fingerprint density at radius 2 is 1.93 bits per heavy atom. The molecule has 0 atom stereocenters. The van der Waals surface area contributed by atoms with Gasteiger partial charge in [0.2, 0.25) is 11.2 Å². The summed E-state index contributed by atoms with van der Waals surface area (Å²) in [6.45, 7) is 4.98. The monoisotopic (exact) mass is 398 g/mol. The van der Waals surface area contributed by atoms with Gasteiger partial charge < -0.3 is 15.2 Å². The van der Waals surface area contributed by atoms with Crippen LogP contribution >= 0.6 is 11.6 Å². The number of para-hydroxylation sites is 1. The van der Waals surface area contributed by atoms with Crippen molar-refractivity contribution in [3.05, 3.63) is 58.9 Å². The zero-order valence-corrected chi connectivity index (χ0v) is 16.7. The van der Waals surface area contributed by atoms with E-state index in [2.05, 4.69) is 15.6 Å². The topological polar surface area (TPSA) is 76.0 Å². The van der Waals surface area contributed by atoms with Gasteiger partial charge in [0.25, 0.3) is 5.91 Å². The molecule has 0 spiro atoms. The molecule has 6 nitrogen and oxygen atoms in total. The molecule has 146 valence electrons. The van der Waals surface area contributed by atoms with Crippen molar-refractivity contribution in [3.8, 4) is 0 Å². The molecular formula is C21H23ClN4O2. The zero-order chi connectivity index (χ0) is 20.1. The van der Waals surface area contributed by atoms with Crippen molar-refractivity contribution in [1.82, 2.24) is 14.9 Å². The smallest absolute Gasteiger partial charge is 0.251 e. The van der Waals surface area contributed by atoms with E-state index in [0.29, 0.717) is 22.9 Å².